The van der Waals surface area contributed by atoms with Crippen molar-refractivity contribution >= 4 is 29.5 Å². The van der Waals surface area contributed by atoms with Crippen molar-refractivity contribution in [3.05, 3.63) is 55.1 Å². The van der Waals surface area contributed by atoms with Crippen molar-refractivity contribution in [2.45, 2.75) is 51.1 Å². The van der Waals surface area contributed by atoms with Crippen LogP contribution >= 0.6 is 0 Å². The van der Waals surface area contributed by atoms with Gasteiger partial charge in [0.05, 0.1) is 19.7 Å². The van der Waals surface area contributed by atoms with E-state index >= 15 is 0 Å². The number of hydrogen-bond donors (Lipinski definition) is 5. The van der Waals surface area contributed by atoms with E-state index in [1.165, 1.54) is 20.1 Å². The smallest absolute Gasteiger partial charge is 0.338 e. The van der Waals surface area contributed by atoms with Crippen LogP contribution in [0.3, 0.4) is 0 Å². The molecule has 1 rings (SSSR count). The molecule has 0 aliphatic rings. The van der Waals surface area contributed by atoms with E-state index in [-0.39, 0.29) is 49.3 Å². The van der Waals surface area contributed by atoms with Gasteiger partial charge in [-0.25, -0.2) is 4.79 Å². The standard InChI is InChI=1S/C27H39N5O6.ClH/c1-5-8-22(26(36)37-4)32-25(35)20(9-7-14-30-27(28)29)17-24(34)23(31-18(3)33)16-19-10-12-21(13-11-19)38-15-6-2;/h5-6,10-13,20,22-23H,1-2,7-9,14-17H2,3-4H3,(H,31,33)(H,32,35)(H4,28,29,30);1H/t20-,22+,23+;/m1./s1. The molecule has 3 atom stereocenters. The fourth-order valence-electron chi connectivity index (χ4n) is 3.71. The second kappa shape index (κ2) is 19.2. The lowest BCUT2D eigenvalue weighted by Gasteiger charge is -2.23. The van der Waals surface area contributed by atoms with E-state index in [1.807, 2.05) is 0 Å². The van der Waals surface area contributed by atoms with Crippen molar-refractivity contribution in [3.63, 3.8) is 0 Å². The number of ether oxygens (including phenoxy) is 2. The van der Waals surface area contributed by atoms with Crippen LogP contribution in [0.1, 0.15) is 38.2 Å². The van der Waals surface area contributed by atoms with Crippen molar-refractivity contribution in [3.8, 4) is 5.75 Å². The summed E-state index contributed by atoms with van der Waals surface area (Å²) in [6, 6.07) is 5.37. The molecule has 2 amide bonds. The number of ketones is 1. The van der Waals surface area contributed by atoms with E-state index in [0.717, 1.165) is 5.56 Å². The lowest BCUT2D eigenvalue weighted by Crippen LogP contribution is -3.00. The first-order valence-corrected chi connectivity index (χ1v) is 12.3. The number of halogens is 1. The molecule has 1 aromatic rings. The van der Waals surface area contributed by atoms with E-state index in [2.05, 4.69) is 28.8 Å². The normalized spacial score (nSPS) is 12.4. The minimum Gasteiger partial charge on any atom is -1.00 e. The maximum atomic E-state index is 13.4. The first-order chi connectivity index (χ1) is 18.1. The van der Waals surface area contributed by atoms with Gasteiger partial charge in [0.25, 0.3) is 0 Å². The number of Topliss-reactive ketones (excluding diaryl/α,β-unsaturated/α-hetero) is 1. The van der Waals surface area contributed by atoms with Crippen LogP contribution in [-0.2, 0) is 30.3 Å². The zero-order chi connectivity index (χ0) is 28.5. The van der Waals surface area contributed by atoms with E-state index < -0.39 is 29.9 Å². The first-order valence-electron chi connectivity index (χ1n) is 12.3. The lowest BCUT2D eigenvalue weighted by atomic mass is 9.90. The van der Waals surface area contributed by atoms with E-state index in [1.54, 1.807) is 30.3 Å². The number of nitrogens with one attached hydrogen (secondary N) is 3. The van der Waals surface area contributed by atoms with Gasteiger partial charge in [-0.3, -0.25) is 30.8 Å². The molecule has 0 fully saturated rings. The number of guanidine groups is 1. The molecule has 11 nitrogen and oxygen atoms in total. The number of methoxy groups -OCH3 is 1. The second-order valence-electron chi connectivity index (χ2n) is 8.70. The first kappa shape index (κ1) is 35.1. The van der Waals surface area contributed by atoms with Gasteiger partial charge in [0.15, 0.2) is 5.78 Å². The Kier molecular flexibility index (Phi) is 17.3. The molecule has 0 spiro atoms. The topological polar surface area (TPSA) is 177 Å². The molecule has 0 aliphatic carbocycles. The van der Waals surface area contributed by atoms with Gasteiger partial charge < -0.3 is 32.5 Å². The summed E-state index contributed by atoms with van der Waals surface area (Å²) in [6.07, 6.45) is 4.16. The predicted octanol–water partition coefficient (Wildman–Crippen LogP) is -3.75. The Morgan fingerprint density at radius 3 is 2.26 bits per heavy atom. The van der Waals surface area contributed by atoms with Crippen LogP contribution in [0.25, 0.3) is 0 Å². The van der Waals surface area contributed by atoms with E-state index in [9.17, 15) is 19.2 Å². The molecule has 39 heavy (non-hydrogen) atoms. The molecule has 0 aromatic heterocycles. The molecular weight excluding hydrogens is 526 g/mol. The molecule has 0 heterocycles. The van der Waals surface area contributed by atoms with Gasteiger partial charge in [-0.1, -0.05) is 30.9 Å². The third-order valence-electron chi connectivity index (χ3n) is 5.58. The third kappa shape index (κ3) is 14.0. The highest BCUT2D eigenvalue weighted by Crippen LogP contribution is 2.18. The quantitative estimate of drug-likeness (QED) is 0.0396. The summed E-state index contributed by atoms with van der Waals surface area (Å²) in [4.78, 5) is 53.2. The number of esters is 1. The molecule has 0 bridgehead atoms. The van der Waals surface area contributed by atoms with Gasteiger partial charge >= 0.3 is 11.9 Å². The van der Waals surface area contributed by atoms with Crippen LogP contribution in [0.4, 0.5) is 0 Å². The van der Waals surface area contributed by atoms with Crippen molar-refractivity contribution in [2.24, 2.45) is 17.4 Å². The summed E-state index contributed by atoms with van der Waals surface area (Å²) >= 11 is 0. The number of benzene rings is 1. The SMILES string of the molecule is C=CCOc1ccc(C[C@H](NC(C)=O)C(=O)C[C@@H](CCC[NH+]=C(N)N)C(=O)N[C@@H](CC=C)C(=O)OC)cc1.[Cl-]. The molecule has 0 aliphatic heterocycles. The monoisotopic (exact) mass is 565 g/mol. The number of hydrogen-bond acceptors (Lipinski definition) is 6. The molecule has 0 saturated carbocycles. The Morgan fingerprint density at radius 2 is 1.72 bits per heavy atom. The van der Waals surface area contributed by atoms with Gasteiger partial charge in [0.2, 0.25) is 11.8 Å². The number of carbonyl (C=O) groups is 4. The number of amides is 2. The van der Waals surface area contributed by atoms with Gasteiger partial charge in [-0.15, -0.1) is 6.58 Å². The number of carbonyl (C=O) groups excluding carboxylic acids is 4. The van der Waals surface area contributed by atoms with Crippen LogP contribution in [0.5, 0.6) is 5.75 Å². The highest BCUT2D eigenvalue weighted by Gasteiger charge is 2.30. The van der Waals surface area contributed by atoms with Gasteiger partial charge in [0.1, 0.15) is 18.4 Å². The summed E-state index contributed by atoms with van der Waals surface area (Å²) in [7, 11) is 1.22. The molecular formula is C27H40ClN5O6. The molecule has 7 N–H and O–H groups in total. The Hall–Kier alpha value is -3.86. The van der Waals surface area contributed by atoms with Crippen molar-refractivity contribution in [1.82, 2.24) is 10.6 Å². The summed E-state index contributed by atoms with van der Waals surface area (Å²) in [5.74, 6) is -1.86. The van der Waals surface area contributed by atoms with Gasteiger partial charge in [-0.2, -0.15) is 0 Å². The zero-order valence-electron chi connectivity index (χ0n) is 22.5. The zero-order valence-corrected chi connectivity index (χ0v) is 23.3. The number of nitrogens with two attached hydrogens (primary N) is 2. The highest BCUT2D eigenvalue weighted by molar-refractivity contribution is 5.93. The molecule has 216 valence electrons. The van der Waals surface area contributed by atoms with Crippen LogP contribution in [-0.4, -0.2) is 61.9 Å². The van der Waals surface area contributed by atoms with Crippen LogP contribution < -0.4 is 44.2 Å². The predicted molar refractivity (Wildman–Crippen MR) is 144 cm³/mol. The largest absolute Gasteiger partial charge is 1.00 e. The van der Waals surface area contributed by atoms with Crippen LogP contribution in [0.2, 0.25) is 0 Å². The minimum atomic E-state index is -0.929. The molecule has 0 radical (unpaired) electrons. The average molecular weight is 566 g/mol. The lowest BCUT2D eigenvalue weighted by molar-refractivity contribution is -0.459. The van der Waals surface area contributed by atoms with Crippen molar-refractivity contribution in [2.75, 3.05) is 20.3 Å². The summed E-state index contributed by atoms with van der Waals surface area (Å²) in [5, 5.41) is 5.35. The van der Waals surface area contributed by atoms with Gasteiger partial charge in [0, 0.05) is 19.3 Å². The third-order valence-corrected chi connectivity index (χ3v) is 5.58. The Balaban J connectivity index is 0.0000144. The van der Waals surface area contributed by atoms with Gasteiger partial charge in [-0.05, 0) is 43.4 Å². The molecule has 0 saturated heterocycles. The number of rotatable bonds is 18. The Morgan fingerprint density at radius 1 is 1.05 bits per heavy atom. The molecule has 12 heteroatoms. The minimum absolute atomic E-state index is 0. The fourth-order valence-corrected chi connectivity index (χ4v) is 3.71. The highest BCUT2D eigenvalue weighted by atomic mass is 35.5. The average Bonchev–Trinajstić information content (AvgIpc) is 2.88. The maximum absolute atomic E-state index is 13.4. The summed E-state index contributed by atoms with van der Waals surface area (Å²) < 4.78 is 10.2. The second-order valence-corrected chi connectivity index (χ2v) is 8.70. The van der Waals surface area contributed by atoms with Crippen molar-refractivity contribution in [1.29, 1.82) is 0 Å². The Labute approximate surface area is 235 Å². The maximum Gasteiger partial charge on any atom is 0.338 e. The summed E-state index contributed by atoms with van der Waals surface area (Å²) in [6.45, 7) is 9.30. The van der Waals surface area contributed by atoms with Crippen LogP contribution in [0.15, 0.2) is 49.6 Å². The summed E-state index contributed by atoms with van der Waals surface area (Å²) in [5.41, 5.74) is 11.7. The fraction of sp³-hybridized carbons (Fsp3) is 0.444. The van der Waals surface area contributed by atoms with Crippen molar-refractivity contribution < 1.29 is 46.1 Å². The Bertz CT molecular complexity index is 995. The van der Waals surface area contributed by atoms with E-state index in [0.29, 0.717) is 31.7 Å². The van der Waals surface area contributed by atoms with Crippen LogP contribution in [0, 0.1) is 5.92 Å². The van der Waals surface area contributed by atoms with E-state index in [4.69, 9.17) is 20.9 Å². The molecule has 1 aromatic carbocycles. The molecule has 0 unspecified atom stereocenters.